The molecule has 1 spiro atoms. The van der Waals surface area contributed by atoms with Crippen LogP contribution in [0.4, 0.5) is 0 Å². The maximum atomic E-state index is 6.69. The molecule has 0 saturated heterocycles. The highest BCUT2D eigenvalue weighted by atomic mass is 35.5. The Bertz CT molecular complexity index is 1090. The molecule has 0 fully saturated rings. The third-order valence-corrected chi connectivity index (χ3v) is 6.30. The molecule has 2 heteroatoms. The summed E-state index contributed by atoms with van der Waals surface area (Å²) in [5.74, 6) is 0. The van der Waals surface area contributed by atoms with Gasteiger partial charge in [0.15, 0.2) is 0 Å². The predicted molar refractivity (Wildman–Crippen MR) is 107 cm³/mol. The predicted octanol–water partition coefficient (Wildman–Crippen LogP) is 5.75. The number of rotatable bonds is 0. The van der Waals surface area contributed by atoms with E-state index < -0.39 is 0 Å². The van der Waals surface area contributed by atoms with Gasteiger partial charge in [-0.05, 0) is 33.4 Å². The van der Waals surface area contributed by atoms with E-state index >= 15 is 0 Å². The van der Waals surface area contributed by atoms with E-state index in [1.807, 2.05) is 4.42 Å². The highest BCUT2D eigenvalue weighted by Gasteiger charge is 2.53. The quantitative estimate of drug-likeness (QED) is 0.465. The van der Waals surface area contributed by atoms with Crippen LogP contribution in [0.15, 0.2) is 90.5 Å². The second-order valence-electron chi connectivity index (χ2n) is 7.10. The van der Waals surface area contributed by atoms with Crippen LogP contribution in [0.3, 0.4) is 0 Å². The minimum absolute atomic E-state index is 0.275. The molecule has 1 nitrogen and oxygen atoms in total. The van der Waals surface area contributed by atoms with Gasteiger partial charge in [0.05, 0.1) is 17.7 Å². The normalized spacial score (nSPS) is 18.0. The van der Waals surface area contributed by atoms with Gasteiger partial charge in [0.25, 0.3) is 0 Å². The van der Waals surface area contributed by atoms with Gasteiger partial charge in [0, 0.05) is 17.3 Å². The van der Waals surface area contributed by atoms with Crippen molar-refractivity contribution in [1.29, 1.82) is 0 Å². The summed E-state index contributed by atoms with van der Waals surface area (Å²) >= 11 is 6.69. The van der Waals surface area contributed by atoms with Gasteiger partial charge in [0.2, 0.25) is 0 Å². The molecule has 0 unspecified atom stereocenters. The summed E-state index contributed by atoms with van der Waals surface area (Å²) in [7, 11) is 0. The molecule has 1 heterocycles. The standard InChI is InChI=1S/C24H16ClN/c25-26-15-7-14-22-23(26)18-10-3-6-13-21(18)24(22)19-11-4-1-8-16(19)17-9-2-5-12-20(17)24/h1-14H,15H2. The average Bonchev–Trinajstić information content (AvgIpc) is 3.16. The van der Waals surface area contributed by atoms with Crippen molar-refractivity contribution in [2.75, 3.05) is 6.54 Å². The van der Waals surface area contributed by atoms with Gasteiger partial charge >= 0.3 is 0 Å². The molecule has 0 aromatic heterocycles. The molecule has 6 rings (SSSR count). The van der Waals surface area contributed by atoms with Gasteiger partial charge in [-0.2, -0.15) is 0 Å². The summed E-state index contributed by atoms with van der Waals surface area (Å²) in [6.07, 6.45) is 4.45. The first kappa shape index (κ1) is 14.4. The highest BCUT2D eigenvalue weighted by molar-refractivity contribution is 6.19. The van der Waals surface area contributed by atoms with Crippen molar-refractivity contribution in [3.8, 4) is 11.1 Å². The third kappa shape index (κ3) is 1.50. The number of allylic oxidation sites excluding steroid dienone is 2. The van der Waals surface area contributed by atoms with Crippen LogP contribution in [0.25, 0.3) is 16.8 Å². The lowest BCUT2D eigenvalue weighted by Crippen LogP contribution is -2.28. The summed E-state index contributed by atoms with van der Waals surface area (Å²) < 4.78 is 1.87. The maximum Gasteiger partial charge on any atom is 0.0740 e. The molecule has 0 radical (unpaired) electrons. The molecule has 0 N–H and O–H groups in total. The number of hydrogen-bond donors (Lipinski definition) is 0. The van der Waals surface area contributed by atoms with Gasteiger partial charge in [-0.25, -0.2) is 0 Å². The minimum Gasteiger partial charge on any atom is -0.281 e. The zero-order chi connectivity index (χ0) is 17.3. The second kappa shape index (κ2) is 4.90. The molecule has 0 saturated carbocycles. The summed E-state index contributed by atoms with van der Waals surface area (Å²) in [4.78, 5) is 0. The minimum atomic E-state index is -0.275. The summed E-state index contributed by atoms with van der Waals surface area (Å²) in [5, 5.41) is 0. The van der Waals surface area contributed by atoms with Gasteiger partial charge in [-0.3, -0.25) is 4.42 Å². The Balaban J connectivity index is 1.84. The Morgan fingerprint density at radius 2 is 1.19 bits per heavy atom. The number of halogens is 1. The lowest BCUT2D eigenvalue weighted by Gasteiger charge is -2.32. The zero-order valence-corrected chi connectivity index (χ0v) is 14.9. The van der Waals surface area contributed by atoms with E-state index in [4.69, 9.17) is 11.8 Å². The molecule has 0 atom stereocenters. The molecule has 0 amide bonds. The van der Waals surface area contributed by atoms with Gasteiger partial charge in [-0.15, -0.1) is 0 Å². The van der Waals surface area contributed by atoms with Crippen LogP contribution in [-0.4, -0.2) is 11.0 Å². The van der Waals surface area contributed by atoms with E-state index in [0.717, 1.165) is 12.2 Å². The van der Waals surface area contributed by atoms with Crippen LogP contribution < -0.4 is 0 Å². The fraction of sp³-hybridized carbons (Fsp3) is 0.0833. The molecule has 3 aliphatic rings. The van der Waals surface area contributed by atoms with Crippen molar-refractivity contribution in [1.82, 2.24) is 4.42 Å². The van der Waals surface area contributed by atoms with E-state index in [0.29, 0.717) is 0 Å². The van der Waals surface area contributed by atoms with Crippen molar-refractivity contribution < 1.29 is 0 Å². The van der Waals surface area contributed by atoms with E-state index in [-0.39, 0.29) is 5.41 Å². The molecule has 1 aliphatic heterocycles. The van der Waals surface area contributed by atoms with E-state index in [1.54, 1.807) is 0 Å². The third-order valence-electron chi connectivity index (χ3n) is 5.99. The molecule has 124 valence electrons. The molecule has 26 heavy (non-hydrogen) atoms. The smallest absolute Gasteiger partial charge is 0.0740 e. The first-order valence-electron chi connectivity index (χ1n) is 8.97. The van der Waals surface area contributed by atoms with Crippen LogP contribution in [0, 0.1) is 0 Å². The first-order valence-corrected chi connectivity index (χ1v) is 9.31. The Kier molecular flexibility index (Phi) is 2.71. The maximum absolute atomic E-state index is 6.69. The van der Waals surface area contributed by atoms with E-state index in [9.17, 15) is 0 Å². The summed E-state index contributed by atoms with van der Waals surface area (Å²) in [6, 6.07) is 26.4. The number of hydrogen-bond acceptors (Lipinski definition) is 1. The molecule has 0 bridgehead atoms. The Morgan fingerprint density at radius 3 is 1.81 bits per heavy atom. The molecular formula is C24H16ClN. The first-order chi connectivity index (χ1) is 12.8. The summed E-state index contributed by atoms with van der Waals surface area (Å²) in [5.41, 5.74) is 10.1. The van der Waals surface area contributed by atoms with Crippen molar-refractivity contribution >= 4 is 17.5 Å². The fourth-order valence-electron chi connectivity index (χ4n) is 5.12. The molecular weight excluding hydrogens is 338 g/mol. The highest BCUT2D eigenvalue weighted by Crippen LogP contribution is 2.62. The molecule has 3 aromatic rings. The van der Waals surface area contributed by atoms with E-state index in [2.05, 4.69) is 84.9 Å². The number of nitrogens with zero attached hydrogens (tertiary/aromatic N) is 1. The van der Waals surface area contributed by atoms with Crippen LogP contribution in [0.2, 0.25) is 0 Å². The van der Waals surface area contributed by atoms with E-state index in [1.165, 1.54) is 39.0 Å². The Morgan fingerprint density at radius 1 is 0.692 bits per heavy atom. The SMILES string of the molecule is ClN1CC=CC2=C1c1ccccc1C21c2ccccc2-c2ccccc21. The van der Waals surface area contributed by atoms with Crippen molar-refractivity contribution in [2.24, 2.45) is 0 Å². The zero-order valence-electron chi connectivity index (χ0n) is 14.1. The van der Waals surface area contributed by atoms with Crippen molar-refractivity contribution in [3.63, 3.8) is 0 Å². The lowest BCUT2D eigenvalue weighted by atomic mass is 9.69. The lowest BCUT2D eigenvalue weighted by molar-refractivity contribution is 0.682. The van der Waals surface area contributed by atoms with Crippen molar-refractivity contribution in [3.05, 3.63) is 113 Å². The number of fused-ring (bicyclic) bond motifs is 9. The van der Waals surface area contributed by atoms with Crippen LogP contribution in [0.5, 0.6) is 0 Å². The summed E-state index contributed by atoms with van der Waals surface area (Å²) in [6.45, 7) is 0.730. The molecule has 2 aliphatic carbocycles. The monoisotopic (exact) mass is 353 g/mol. The van der Waals surface area contributed by atoms with Gasteiger partial charge < -0.3 is 0 Å². The van der Waals surface area contributed by atoms with Crippen LogP contribution in [0.1, 0.15) is 22.3 Å². The second-order valence-corrected chi connectivity index (χ2v) is 7.50. The Labute approximate surface area is 158 Å². The number of benzene rings is 3. The van der Waals surface area contributed by atoms with Crippen molar-refractivity contribution in [2.45, 2.75) is 5.41 Å². The fourth-order valence-corrected chi connectivity index (χ4v) is 5.38. The largest absolute Gasteiger partial charge is 0.281 e. The van der Waals surface area contributed by atoms with Crippen LogP contribution >= 0.6 is 11.8 Å². The average molecular weight is 354 g/mol. The Hall–Kier alpha value is -2.77. The van der Waals surface area contributed by atoms with Gasteiger partial charge in [-0.1, -0.05) is 84.9 Å². The topological polar surface area (TPSA) is 3.24 Å². The van der Waals surface area contributed by atoms with Gasteiger partial charge in [0.1, 0.15) is 0 Å². The van der Waals surface area contributed by atoms with Crippen LogP contribution in [-0.2, 0) is 5.41 Å². The molecule has 3 aromatic carbocycles.